The molecule has 0 aromatic heterocycles. The summed E-state index contributed by atoms with van der Waals surface area (Å²) in [5, 5.41) is 0. The zero-order valence-electron chi connectivity index (χ0n) is 14.4. The van der Waals surface area contributed by atoms with E-state index in [1.807, 2.05) is 6.07 Å². The fourth-order valence-electron chi connectivity index (χ4n) is 2.42. The highest BCUT2D eigenvalue weighted by molar-refractivity contribution is 6.09. The average molecular weight is 364 g/mol. The van der Waals surface area contributed by atoms with Gasteiger partial charge in [0.05, 0.1) is 5.56 Å². The van der Waals surface area contributed by atoms with Gasteiger partial charge in [-0.1, -0.05) is 42.5 Å². The molecule has 136 valence electrons. The molecule has 4 nitrogen and oxygen atoms in total. The van der Waals surface area contributed by atoms with E-state index in [1.54, 1.807) is 48.5 Å². The lowest BCUT2D eigenvalue weighted by Gasteiger charge is -2.08. The van der Waals surface area contributed by atoms with Crippen LogP contribution in [0.5, 0.6) is 5.75 Å². The number of ketones is 1. The lowest BCUT2D eigenvalue weighted by molar-refractivity contribution is 0.0450. The van der Waals surface area contributed by atoms with Crippen molar-refractivity contribution in [1.82, 2.24) is 0 Å². The van der Waals surface area contributed by atoms with Gasteiger partial charge in [0.2, 0.25) is 0 Å². The van der Waals surface area contributed by atoms with Crippen molar-refractivity contribution in [3.8, 4) is 5.75 Å². The minimum atomic E-state index is -0.503. The number of hydrogen-bond acceptors (Lipinski definition) is 4. The van der Waals surface area contributed by atoms with Crippen molar-refractivity contribution in [3.05, 3.63) is 101 Å². The Morgan fingerprint density at radius 3 is 1.96 bits per heavy atom. The molecule has 0 atom stereocenters. The van der Waals surface area contributed by atoms with Gasteiger partial charge in [-0.05, 0) is 36.4 Å². The van der Waals surface area contributed by atoms with Crippen LogP contribution in [0.15, 0.2) is 78.9 Å². The van der Waals surface area contributed by atoms with E-state index in [1.165, 1.54) is 24.3 Å². The van der Waals surface area contributed by atoms with Gasteiger partial charge in [0.1, 0.15) is 24.8 Å². The normalized spacial score (nSPS) is 10.3. The number of carbonyl (C=O) groups excluding carboxylic acids is 2. The van der Waals surface area contributed by atoms with Crippen molar-refractivity contribution in [2.75, 3.05) is 13.2 Å². The maximum absolute atomic E-state index is 12.8. The molecule has 0 aliphatic rings. The van der Waals surface area contributed by atoms with Crippen molar-refractivity contribution < 1.29 is 23.5 Å². The van der Waals surface area contributed by atoms with E-state index in [9.17, 15) is 14.0 Å². The van der Waals surface area contributed by atoms with Crippen molar-refractivity contribution >= 4 is 11.8 Å². The summed E-state index contributed by atoms with van der Waals surface area (Å²) in [6, 6.07) is 20.8. The highest BCUT2D eigenvalue weighted by Crippen LogP contribution is 2.13. The molecule has 0 bridgehead atoms. The fraction of sp³-hybridized carbons (Fsp3) is 0.0909. The SMILES string of the molecule is O=C(OCCOc1ccc(F)cc1)c1ccc(C(=O)c2ccccc2)cc1. The summed E-state index contributed by atoms with van der Waals surface area (Å²) in [7, 11) is 0. The molecule has 0 radical (unpaired) electrons. The van der Waals surface area contributed by atoms with Crippen molar-refractivity contribution in [2.45, 2.75) is 0 Å². The number of esters is 1. The first kappa shape index (κ1) is 18.3. The minimum Gasteiger partial charge on any atom is -0.490 e. The van der Waals surface area contributed by atoms with E-state index in [4.69, 9.17) is 9.47 Å². The Morgan fingerprint density at radius 1 is 0.704 bits per heavy atom. The number of benzene rings is 3. The number of hydrogen-bond donors (Lipinski definition) is 0. The van der Waals surface area contributed by atoms with E-state index in [2.05, 4.69) is 0 Å². The fourth-order valence-corrected chi connectivity index (χ4v) is 2.42. The number of rotatable bonds is 7. The molecule has 0 amide bonds. The molecule has 0 aliphatic carbocycles. The third kappa shape index (κ3) is 5.01. The molecule has 0 saturated heterocycles. The summed E-state index contributed by atoms with van der Waals surface area (Å²) in [5.41, 5.74) is 1.43. The first-order valence-electron chi connectivity index (χ1n) is 8.39. The molecule has 0 aliphatic heterocycles. The zero-order chi connectivity index (χ0) is 19.1. The molecule has 0 unspecified atom stereocenters. The van der Waals surface area contributed by atoms with Gasteiger partial charge in [0.15, 0.2) is 5.78 Å². The van der Waals surface area contributed by atoms with Gasteiger partial charge in [-0.15, -0.1) is 0 Å². The van der Waals surface area contributed by atoms with E-state index < -0.39 is 5.97 Å². The van der Waals surface area contributed by atoms with Crippen LogP contribution in [0.25, 0.3) is 0 Å². The van der Waals surface area contributed by atoms with Gasteiger partial charge in [-0.25, -0.2) is 9.18 Å². The lowest BCUT2D eigenvalue weighted by Crippen LogP contribution is -2.12. The molecular weight excluding hydrogens is 347 g/mol. The van der Waals surface area contributed by atoms with Crippen molar-refractivity contribution in [1.29, 1.82) is 0 Å². The molecule has 0 saturated carbocycles. The predicted octanol–water partition coefficient (Wildman–Crippen LogP) is 4.29. The molecule has 3 rings (SSSR count). The van der Waals surface area contributed by atoms with Crippen LogP contribution in [-0.4, -0.2) is 25.0 Å². The summed E-state index contributed by atoms with van der Waals surface area (Å²) in [6.45, 7) is 0.211. The molecule has 0 heterocycles. The lowest BCUT2D eigenvalue weighted by atomic mass is 10.0. The largest absolute Gasteiger partial charge is 0.490 e. The Bertz CT molecular complexity index is 903. The smallest absolute Gasteiger partial charge is 0.338 e. The van der Waals surface area contributed by atoms with Crippen LogP contribution < -0.4 is 4.74 Å². The monoisotopic (exact) mass is 364 g/mol. The second kappa shape index (κ2) is 8.76. The van der Waals surface area contributed by atoms with Crippen LogP contribution in [0, 0.1) is 5.82 Å². The number of ether oxygens (including phenoxy) is 2. The van der Waals surface area contributed by atoms with Gasteiger partial charge in [-0.3, -0.25) is 4.79 Å². The van der Waals surface area contributed by atoms with Crippen LogP contribution >= 0.6 is 0 Å². The van der Waals surface area contributed by atoms with Gasteiger partial charge in [-0.2, -0.15) is 0 Å². The Labute approximate surface area is 156 Å². The Hall–Kier alpha value is -3.47. The zero-order valence-corrected chi connectivity index (χ0v) is 14.4. The van der Waals surface area contributed by atoms with Gasteiger partial charge < -0.3 is 9.47 Å². The van der Waals surface area contributed by atoms with E-state index in [0.29, 0.717) is 22.4 Å². The predicted molar refractivity (Wildman–Crippen MR) is 98.5 cm³/mol. The summed E-state index contributed by atoms with van der Waals surface area (Å²) < 4.78 is 23.3. The van der Waals surface area contributed by atoms with Crippen molar-refractivity contribution in [2.24, 2.45) is 0 Å². The van der Waals surface area contributed by atoms with Crippen molar-refractivity contribution in [3.63, 3.8) is 0 Å². The maximum Gasteiger partial charge on any atom is 0.338 e. The Morgan fingerprint density at radius 2 is 1.30 bits per heavy atom. The van der Waals surface area contributed by atoms with Crippen LogP contribution in [0.3, 0.4) is 0 Å². The first-order chi connectivity index (χ1) is 13.1. The van der Waals surface area contributed by atoms with Gasteiger partial charge >= 0.3 is 5.97 Å². The summed E-state index contributed by atoms with van der Waals surface area (Å²) in [4.78, 5) is 24.4. The summed E-state index contributed by atoms with van der Waals surface area (Å²) in [5.74, 6) is -0.459. The van der Waals surface area contributed by atoms with Crippen LogP contribution in [-0.2, 0) is 4.74 Å². The highest BCUT2D eigenvalue weighted by atomic mass is 19.1. The molecule has 0 spiro atoms. The number of carbonyl (C=O) groups is 2. The van der Waals surface area contributed by atoms with Gasteiger partial charge in [0.25, 0.3) is 0 Å². The molecule has 3 aromatic rings. The highest BCUT2D eigenvalue weighted by Gasteiger charge is 2.11. The second-order valence-corrected chi connectivity index (χ2v) is 5.71. The Balaban J connectivity index is 1.50. The van der Waals surface area contributed by atoms with Crippen LogP contribution in [0.4, 0.5) is 4.39 Å². The summed E-state index contributed by atoms with van der Waals surface area (Å²) in [6.07, 6.45) is 0. The average Bonchev–Trinajstić information content (AvgIpc) is 2.72. The standard InChI is InChI=1S/C22H17FO4/c23-19-10-12-20(13-11-19)26-14-15-27-22(25)18-8-6-17(7-9-18)21(24)16-4-2-1-3-5-16/h1-13H,14-15H2. The molecular formula is C22H17FO4. The molecule has 27 heavy (non-hydrogen) atoms. The third-order valence-corrected chi connectivity index (χ3v) is 3.82. The van der Waals surface area contributed by atoms with E-state index in [0.717, 1.165) is 0 Å². The van der Waals surface area contributed by atoms with E-state index >= 15 is 0 Å². The first-order valence-corrected chi connectivity index (χ1v) is 8.39. The molecule has 0 N–H and O–H groups in total. The molecule has 3 aromatic carbocycles. The quantitative estimate of drug-likeness (QED) is 0.356. The van der Waals surface area contributed by atoms with E-state index in [-0.39, 0.29) is 24.8 Å². The topological polar surface area (TPSA) is 52.6 Å². The minimum absolute atomic E-state index is 0.0565. The molecule has 0 fully saturated rings. The second-order valence-electron chi connectivity index (χ2n) is 5.71. The number of halogens is 1. The van der Waals surface area contributed by atoms with Crippen LogP contribution in [0.1, 0.15) is 26.3 Å². The third-order valence-electron chi connectivity index (χ3n) is 3.82. The molecule has 5 heteroatoms. The maximum atomic E-state index is 12.8. The van der Waals surface area contributed by atoms with Crippen LogP contribution in [0.2, 0.25) is 0 Å². The Kier molecular flexibility index (Phi) is 5.94. The summed E-state index contributed by atoms with van der Waals surface area (Å²) >= 11 is 0. The van der Waals surface area contributed by atoms with Gasteiger partial charge in [0, 0.05) is 11.1 Å².